The van der Waals surface area contributed by atoms with Crippen LogP contribution in [0, 0.1) is 6.92 Å². The molecular formula is C20H16ClN5O. The average Bonchev–Trinajstić information content (AvgIpc) is 3.12. The Balaban J connectivity index is 1.60. The van der Waals surface area contributed by atoms with E-state index in [1.165, 1.54) is 0 Å². The van der Waals surface area contributed by atoms with Crippen molar-refractivity contribution in [3.63, 3.8) is 0 Å². The fourth-order valence-electron chi connectivity index (χ4n) is 2.79. The van der Waals surface area contributed by atoms with E-state index in [9.17, 15) is 4.79 Å². The Hall–Kier alpha value is -3.25. The summed E-state index contributed by atoms with van der Waals surface area (Å²) in [7, 11) is 0. The molecule has 0 spiro atoms. The van der Waals surface area contributed by atoms with Gasteiger partial charge in [0.2, 0.25) is 0 Å². The number of aromatic nitrogens is 4. The van der Waals surface area contributed by atoms with Crippen LogP contribution in [0.2, 0.25) is 5.02 Å². The predicted molar refractivity (Wildman–Crippen MR) is 104 cm³/mol. The van der Waals surface area contributed by atoms with E-state index in [1.807, 2.05) is 37.3 Å². The number of nitrogens with one attached hydrogen (secondary N) is 1. The fraction of sp³-hybridized carbons (Fsp3) is 0.100. The first-order chi connectivity index (χ1) is 13.1. The number of amides is 1. The van der Waals surface area contributed by atoms with Crippen LogP contribution in [0.15, 0.2) is 60.8 Å². The molecule has 0 aliphatic carbocycles. The Morgan fingerprint density at radius 2 is 1.96 bits per heavy atom. The number of carbonyl (C=O) groups is 1. The summed E-state index contributed by atoms with van der Waals surface area (Å²) >= 11 is 5.89. The zero-order valence-electron chi connectivity index (χ0n) is 14.6. The van der Waals surface area contributed by atoms with E-state index in [2.05, 4.69) is 20.6 Å². The van der Waals surface area contributed by atoms with Crippen LogP contribution >= 0.6 is 11.6 Å². The summed E-state index contributed by atoms with van der Waals surface area (Å²) in [4.78, 5) is 16.9. The van der Waals surface area contributed by atoms with Gasteiger partial charge in [0.15, 0.2) is 5.65 Å². The van der Waals surface area contributed by atoms with Crippen LogP contribution in [0.1, 0.15) is 21.5 Å². The van der Waals surface area contributed by atoms with Gasteiger partial charge in [0, 0.05) is 23.3 Å². The summed E-state index contributed by atoms with van der Waals surface area (Å²) in [5, 5.41) is 11.9. The van der Waals surface area contributed by atoms with E-state index < -0.39 is 0 Å². The van der Waals surface area contributed by atoms with Gasteiger partial charge in [0.1, 0.15) is 5.52 Å². The van der Waals surface area contributed by atoms with Crippen LogP contribution in [-0.2, 0) is 6.54 Å². The van der Waals surface area contributed by atoms with Gasteiger partial charge in [-0.05, 0) is 54.4 Å². The lowest BCUT2D eigenvalue weighted by Crippen LogP contribution is -2.23. The van der Waals surface area contributed by atoms with Crippen molar-refractivity contribution in [1.82, 2.24) is 25.3 Å². The maximum Gasteiger partial charge on any atom is 0.251 e. The summed E-state index contributed by atoms with van der Waals surface area (Å²) in [6.45, 7) is 2.38. The quantitative estimate of drug-likeness (QED) is 0.588. The molecule has 7 heteroatoms. The van der Waals surface area contributed by atoms with E-state index >= 15 is 0 Å². The summed E-state index contributed by atoms with van der Waals surface area (Å²) in [5.74, 6) is -0.163. The molecule has 1 amide bonds. The van der Waals surface area contributed by atoms with E-state index in [1.54, 1.807) is 35.1 Å². The van der Waals surface area contributed by atoms with E-state index in [4.69, 9.17) is 11.6 Å². The van der Waals surface area contributed by atoms with Gasteiger partial charge in [-0.2, -0.15) is 4.68 Å². The number of pyridine rings is 1. The normalized spacial score (nSPS) is 10.9. The lowest BCUT2D eigenvalue weighted by Gasteiger charge is -2.10. The summed E-state index contributed by atoms with van der Waals surface area (Å²) in [6.07, 6.45) is 1.69. The van der Waals surface area contributed by atoms with Crippen LogP contribution in [-0.4, -0.2) is 25.9 Å². The van der Waals surface area contributed by atoms with E-state index in [-0.39, 0.29) is 5.91 Å². The maximum absolute atomic E-state index is 12.6. The molecule has 0 unspecified atom stereocenters. The lowest BCUT2D eigenvalue weighted by molar-refractivity contribution is 0.0951. The number of rotatable bonds is 4. The zero-order valence-corrected chi connectivity index (χ0v) is 15.3. The van der Waals surface area contributed by atoms with Crippen molar-refractivity contribution in [1.29, 1.82) is 0 Å². The smallest absolute Gasteiger partial charge is 0.251 e. The van der Waals surface area contributed by atoms with Crippen molar-refractivity contribution in [2.24, 2.45) is 0 Å². The molecule has 4 aromatic rings. The second kappa shape index (κ2) is 7.17. The van der Waals surface area contributed by atoms with Gasteiger partial charge >= 0.3 is 0 Å². The third-order valence-electron chi connectivity index (χ3n) is 4.27. The third kappa shape index (κ3) is 3.52. The third-order valence-corrected chi connectivity index (χ3v) is 4.53. The van der Waals surface area contributed by atoms with Crippen LogP contribution in [0.3, 0.4) is 0 Å². The minimum Gasteiger partial charge on any atom is -0.348 e. The highest BCUT2D eigenvalue weighted by Crippen LogP contribution is 2.19. The summed E-state index contributed by atoms with van der Waals surface area (Å²) in [5.41, 5.74) is 4.63. The van der Waals surface area contributed by atoms with Crippen LogP contribution in [0.5, 0.6) is 0 Å². The number of hydrogen-bond donors (Lipinski definition) is 1. The highest BCUT2D eigenvalue weighted by molar-refractivity contribution is 6.30. The molecule has 1 N–H and O–H groups in total. The zero-order chi connectivity index (χ0) is 18.8. The Bertz CT molecular complexity index is 1120. The topological polar surface area (TPSA) is 72.7 Å². The lowest BCUT2D eigenvalue weighted by atomic mass is 10.1. The standard InChI is InChI=1S/C20H16ClN5O/c1-13-4-7-15(20(27)23-12-14-5-8-16(21)9-6-14)11-18(13)26-19-17(24-25-26)3-2-10-22-19/h2-11H,12H2,1H3,(H,23,27). The minimum absolute atomic E-state index is 0.163. The fourth-order valence-corrected chi connectivity index (χ4v) is 2.92. The Kier molecular flexibility index (Phi) is 4.56. The molecule has 4 rings (SSSR count). The van der Waals surface area contributed by atoms with Crippen molar-refractivity contribution in [2.45, 2.75) is 13.5 Å². The van der Waals surface area contributed by atoms with Crippen molar-refractivity contribution in [2.75, 3.05) is 0 Å². The molecule has 0 bridgehead atoms. The molecule has 0 saturated heterocycles. The number of benzene rings is 2. The number of carbonyl (C=O) groups excluding carboxylic acids is 1. The van der Waals surface area contributed by atoms with Gasteiger partial charge in [0.25, 0.3) is 5.91 Å². The first kappa shape index (κ1) is 17.2. The number of aryl methyl sites for hydroxylation is 1. The monoisotopic (exact) mass is 377 g/mol. The Labute approximate surface area is 160 Å². The SMILES string of the molecule is Cc1ccc(C(=O)NCc2ccc(Cl)cc2)cc1-n1nnc2cccnc21. The average molecular weight is 378 g/mol. The summed E-state index contributed by atoms with van der Waals surface area (Å²) in [6, 6.07) is 16.5. The number of fused-ring (bicyclic) bond motifs is 1. The second-order valence-electron chi connectivity index (χ2n) is 6.16. The first-order valence-electron chi connectivity index (χ1n) is 8.42. The molecule has 2 aromatic heterocycles. The molecule has 0 aliphatic rings. The van der Waals surface area contributed by atoms with Gasteiger partial charge in [-0.25, -0.2) is 4.98 Å². The molecule has 0 saturated carbocycles. The summed E-state index contributed by atoms with van der Waals surface area (Å²) < 4.78 is 1.65. The number of hydrogen-bond acceptors (Lipinski definition) is 4. The van der Waals surface area contributed by atoms with Crippen LogP contribution in [0.4, 0.5) is 0 Å². The Morgan fingerprint density at radius 1 is 1.15 bits per heavy atom. The van der Waals surface area contributed by atoms with Gasteiger partial charge in [0.05, 0.1) is 5.69 Å². The number of nitrogens with zero attached hydrogens (tertiary/aromatic N) is 4. The molecule has 134 valence electrons. The molecular weight excluding hydrogens is 362 g/mol. The van der Waals surface area contributed by atoms with Gasteiger partial charge in [-0.3, -0.25) is 4.79 Å². The van der Waals surface area contributed by atoms with Crippen molar-refractivity contribution >= 4 is 28.7 Å². The Morgan fingerprint density at radius 3 is 2.78 bits per heavy atom. The molecule has 0 aliphatic heterocycles. The van der Waals surface area contributed by atoms with Crippen molar-refractivity contribution < 1.29 is 4.79 Å². The molecule has 0 fully saturated rings. The molecule has 0 radical (unpaired) electrons. The molecule has 2 aromatic carbocycles. The maximum atomic E-state index is 12.6. The highest BCUT2D eigenvalue weighted by Gasteiger charge is 2.13. The van der Waals surface area contributed by atoms with Gasteiger partial charge < -0.3 is 5.32 Å². The van der Waals surface area contributed by atoms with Gasteiger partial charge in [-0.1, -0.05) is 35.0 Å². The van der Waals surface area contributed by atoms with E-state index in [0.717, 1.165) is 16.8 Å². The highest BCUT2D eigenvalue weighted by atomic mass is 35.5. The minimum atomic E-state index is -0.163. The second-order valence-corrected chi connectivity index (χ2v) is 6.59. The van der Waals surface area contributed by atoms with Crippen LogP contribution < -0.4 is 5.32 Å². The molecule has 6 nitrogen and oxygen atoms in total. The largest absolute Gasteiger partial charge is 0.348 e. The molecule has 27 heavy (non-hydrogen) atoms. The van der Waals surface area contributed by atoms with Crippen molar-refractivity contribution in [3.8, 4) is 5.69 Å². The van der Waals surface area contributed by atoms with Crippen molar-refractivity contribution in [3.05, 3.63) is 82.5 Å². The van der Waals surface area contributed by atoms with Gasteiger partial charge in [-0.15, -0.1) is 5.10 Å². The molecule has 2 heterocycles. The van der Waals surface area contributed by atoms with Crippen LogP contribution in [0.25, 0.3) is 16.9 Å². The predicted octanol–water partition coefficient (Wildman–Crippen LogP) is 3.71. The number of halogens is 1. The van der Waals surface area contributed by atoms with E-state index in [0.29, 0.717) is 28.3 Å². The first-order valence-corrected chi connectivity index (χ1v) is 8.80. The molecule has 0 atom stereocenters.